The van der Waals surface area contributed by atoms with E-state index in [4.69, 9.17) is 4.74 Å². The molecule has 0 aliphatic rings. The van der Waals surface area contributed by atoms with Crippen molar-refractivity contribution >= 4 is 23.2 Å². The quantitative estimate of drug-likeness (QED) is 0.903. The van der Waals surface area contributed by atoms with E-state index >= 15 is 0 Å². The molecule has 1 aromatic carbocycles. The molecule has 0 unspecified atom stereocenters. The minimum Gasteiger partial charge on any atom is -0.481 e. The molecule has 0 aliphatic heterocycles. The summed E-state index contributed by atoms with van der Waals surface area (Å²) in [4.78, 5) is 27.0. The number of amides is 2. The van der Waals surface area contributed by atoms with E-state index in [1.807, 2.05) is 0 Å². The van der Waals surface area contributed by atoms with Crippen LogP contribution in [-0.2, 0) is 4.79 Å². The number of methoxy groups -OCH3 is 1. The lowest BCUT2D eigenvalue weighted by Crippen LogP contribution is -2.12. The molecule has 0 bridgehead atoms. The summed E-state index contributed by atoms with van der Waals surface area (Å²) >= 11 is 0. The maximum Gasteiger partial charge on any atom is 0.255 e. The fourth-order valence-electron chi connectivity index (χ4n) is 1.69. The van der Waals surface area contributed by atoms with Crippen molar-refractivity contribution < 1.29 is 14.3 Å². The van der Waals surface area contributed by atoms with Crippen LogP contribution in [0.1, 0.15) is 17.3 Å². The molecule has 6 nitrogen and oxygen atoms in total. The van der Waals surface area contributed by atoms with Crippen molar-refractivity contribution in [2.45, 2.75) is 6.92 Å². The largest absolute Gasteiger partial charge is 0.481 e. The van der Waals surface area contributed by atoms with E-state index in [-0.39, 0.29) is 11.8 Å². The third-order valence-electron chi connectivity index (χ3n) is 2.67. The van der Waals surface area contributed by atoms with Crippen molar-refractivity contribution in [3.63, 3.8) is 0 Å². The fourth-order valence-corrected chi connectivity index (χ4v) is 1.69. The van der Waals surface area contributed by atoms with Gasteiger partial charge in [-0.2, -0.15) is 0 Å². The number of carbonyl (C=O) groups excluding carboxylic acids is 2. The maximum absolute atomic E-state index is 12.0. The minimum absolute atomic E-state index is 0.156. The van der Waals surface area contributed by atoms with Crippen molar-refractivity contribution in [3.05, 3.63) is 48.2 Å². The summed E-state index contributed by atoms with van der Waals surface area (Å²) in [6.45, 7) is 1.43. The molecule has 108 valence electrons. The highest BCUT2D eigenvalue weighted by molar-refractivity contribution is 6.04. The van der Waals surface area contributed by atoms with Crippen molar-refractivity contribution in [1.29, 1.82) is 0 Å². The lowest BCUT2D eigenvalue weighted by atomic mass is 10.2. The van der Waals surface area contributed by atoms with Crippen molar-refractivity contribution in [2.75, 3.05) is 17.7 Å². The van der Waals surface area contributed by atoms with Gasteiger partial charge >= 0.3 is 0 Å². The van der Waals surface area contributed by atoms with Gasteiger partial charge in [0.25, 0.3) is 5.91 Å². The summed E-state index contributed by atoms with van der Waals surface area (Å²) in [6, 6.07) is 9.98. The summed E-state index contributed by atoms with van der Waals surface area (Å²) in [5, 5.41) is 5.36. The molecule has 2 aromatic rings. The van der Waals surface area contributed by atoms with Gasteiger partial charge in [-0.3, -0.25) is 9.59 Å². The first-order chi connectivity index (χ1) is 10.1. The smallest absolute Gasteiger partial charge is 0.255 e. The van der Waals surface area contributed by atoms with Crippen LogP contribution in [0, 0.1) is 0 Å². The highest BCUT2D eigenvalue weighted by atomic mass is 16.5. The number of ether oxygens (including phenoxy) is 1. The van der Waals surface area contributed by atoms with E-state index in [0.717, 1.165) is 0 Å². The Morgan fingerprint density at radius 1 is 1.00 bits per heavy atom. The van der Waals surface area contributed by atoms with Crippen LogP contribution in [0.25, 0.3) is 0 Å². The first-order valence-corrected chi connectivity index (χ1v) is 6.27. The zero-order valence-electron chi connectivity index (χ0n) is 11.7. The van der Waals surface area contributed by atoms with Crippen LogP contribution in [0.2, 0.25) is 0 Å². The van der Waals surface area contributed by atoms with Gasteiger partial charge in [-0.05, 0) is 30.3 Å². The SMILES string of the molecule is COc1ccc(NC(=O)c2ccc(NC(C)=O)cc2)cn1. The number of hydrogen-bond acceptors (Lipinski definition) is 4. The minimum atomic E-state index is -0.253. The van der Waals surface area contributed by atoms with Gasteiger partial charge in [-0.1, -0.05) is 0 Å². The standard InChI is InChI=1S/C15H15N3O3/c1-10(19)17-12-5-3-11(4-6-12)15(20)18-13-7-8-14(21-2)16-9-13/h3-9H,1-2H3,(H,17,19)(H,18,20). The second-order valence-electron chi connectivity index (χ2n) is 4.30. The number of benzene rings is 1. The van der Waals surface area contributed by atoms with E-state index in [9.17, 15) is 9.59 Å². The number of anilines is 2. The monoisotopic (exact) mass is 285 g/mol. The number of hydrogen-bond donors (Lipinski definition) is 2. The van der Waals surface area contributed by atoms with Crippen LogP contribution >= 0.6 is 0 Å². The van der Waals surface area contributed by atoms with E-state index < -0.39 is 0 Å². The van der Waals surface area contributed by atoms with Gasteiger partial charge in [0.15, 0.2) is 0 Å². The molecule has 0 atom stereocenters. The predicted octanol–water partition coefficient (Wildman–Crippen LogP) is 2.30. The van der Waals surface area contributed by atoms with Crippen LogP contribution in [0.5, 0.6) is 5.88 Å². The third-order valence-corrected chi connectivity index (χ3v) is 2.67. The molecule has 2 N–H and O–H groups in total. The summed E-state index contributed by atoms with van der Waals surface area (Å²) in [5.41, 5.74) is 1.71. The Morgan fingerprint density at radius 3 is 2.19 bits per heavy atom. The summed E-state index contributed by atoms with van der Waals surface area (Å²) in [5.74, 6) is 0.0699. The van der Waals surface area contributed by atoms with Gasteiger partial charge < -0.3 is 15.4 Å². The predicted molar refractivity (Wildman–Crippen MR) is 79.5 cm³/mol. The number of carbonyl (C=O) groups is 2. The summed E-state index contributed by atoms with van der Waals surface area (Å²) in [6.07, 6.45) is 1.52. The normalized spacial score (nSPS) is 9.81. The molecule has 0 saturated carbocycles. The lowest BCUT2D eigenvalue weighted by molar-refractivity contribution is -0.114. The van der Waals surface area contributed by atoms with Gasteiger partial charge in [0.05, 0.1) is 19.0 Å². The van der Waals surface area contributed by atoms with Gasteiger partial charge in [-0.15, -0.1) is 0 Å². The number of pyridine rings is 1. The van der Waals surface area contributed by atoms with Crippen molar-refractivity contribution in [1.82, 2.24) is 4.98 Å². The topological polar surface area (TPSA) is 80.3 Å². The fraction of sp³-hybridized carbons (Fsp3) is 0.133. The Morgan fingerprint density at radius 2 is 1.67 bits per heavy atom. The number of rotatable bonds is 4. The Bertz CT molecular complexity index is 636. The van der Waals surface area contributed by atoms with Gasteiger partial charge in [0.1, 0.15) is 0 Å². The Labute approximate surface area is 122 Å². The van der Waals surface area contributed by atoms with E-state index in [1.54, 1.807) is 36.4 Å². The van der Waals surface area contributed by atoms with Gasteiger partial charge in [-0.25, -0.2) is 4.98 Å². The zero-order valence-corrected chi connectivity index (χ0v) is 11.7. The van der Waals surface area contributed by atoms with E-state index in [2.05, 4.69) is 15.6 Å². The summed E-state index contributed by atoms with van der Waals surface area (Å²) < 4.78 is 4.95. The third kappa shape index (κ3) is 4.04. The maximum atomic E-state index is 12.0. The molecule has 6 heteroatoms. The zero-order chi connectivity index (χ0) is 15.2. The average molecular weight is 285 g/mol. The highest BCUT2D eigenvalue weighted by Gasteiger charge is 2.06. The molecule has 0 radical (unpaired) electrons. The first kappa shape index (κ1) is 14.5. The molecule has 21 heavy (non-hydrogen) atoms. The summed E-state index contributed by atoms with van der Waals surface area (Å²) in [7, 11) is 1.53. The second-order valence-corrected chi connectivity index (χ2v) is 4.30. The van der Waals surface area contributed by atoms with E-state index in [1.165, 1.54) is 20.2 Å². The lowest BCUT2D eigenvalue weighted by Gasteiger charge is -2.07. The number of nitrogens with zero attached hydrogens (tertiary/aromatic N) is 1. The number of nitrogens with one attached hydrogen (secondary N) is 2. The Kier molecular flexibility index (Phi) is 4.50. The second kappa shape index (κ2) is 6.51. The molecular weight excluding hydrogens is 270 g/mol. The van der Waals surface area contributed by atoms with Crippen LogP contribution < -0.4 is 15.4 Å². The Hall–Kier alpha value is -2.89. The van der Waals surface area contributed by atoms with Crippen LogP contribution in [0.15, 0.2) is 42.6 Å². The van der Waals surface area contributed by atoms with Gasteiger partial charge in [0.2, 0.25) is 11.8 Å². The molecule has 0 aliphatic carbocycles. The van der Waals surface area contributed by atoms with Crippen LogP contribution in [-0.4, -0.2) is 23.9 Å². The number of aromatic nitrogens is 1. The average Bonchev–Trinajstić information content (AvgIpc) is 2.48. The molecule has 2 rings (SSSR count). The molecule has 0 spiro atoms. The molecule has 1 aromatic heterocycles. The van der Waals surface area contributed by atoms with Crippen LogP contribution in [0.3, 0.4) is 0 Å². The molecule has 2 amide bonds. The first-order valence-electron chi connectivity index (χ1n) is 6.27. The van der Waals surface area contributed by atoms with Crippen molar-refractivity contribution in [3.8, 4) is 5.88 Å². The molecule has 0 fully saturated rings. The van der Waals surface area contributed by atoms with Crippen molar-refractivity contribution in [2.24, 2.45) is 0 Å². The molecule has 1 heterocycles. The molecule has 0 saturated heterocycles. The highest BCUT2D eigenvalue weighted by Crippen LogP contribution is 2.14. The molecular formula is C15H15N3O3. The Balaban J connectivity index is 2.03. The van der Waals surface area contributed by atoms with E-state index in [0.29, 0.717) is 22.8 Å². The van der Waals surface area contributed by atoms with Gasteiger partial charge in [0, 0.05) is 24.2 Å². The van der Waals surface area contributed by atoms with Crippen LogP contribution in [0.4, 0.5) is 11.4 Å².